The van der Waals surface area contributed by atoms with Crippen molar-refractivity contribution < 1.29 is 22.0 Å². The van der Waals surface area contributed by atoms with Crippen LogP contribution in [-0.2, 0) is 7.05 Å². The summed E-state index contributed by atoms with van der Waals surface area (Å²) in [5.74, 6) is 0. The highest BCUT2D eigenvalue weighted by atomic mass is 35.5. The van der Waals surface area contributed by atoms with Crippen molar-refractivity contribution in [1.29, 1.82) is 0 Å². The Bertz CT molecular complexity index is 188. The quantitative estimate of drug-likeness (QED) is 0.419. The molecule has 4 heteroatoms. The van der Waals surface area contributed by atoms with Gasteiger partial charge in [-0.3, -0.25) is 0 Å². The molecule has 0 atom stereocenters. The van der Waals surface area contributed by atoms with Crippen LogP contribution in [-0.4, -0.2) is 11.2 Å². The summed E-state index contributed by atoms with van der Waals surface area (Å²) in [4.78, 5) is 5.12. The molecule has 0 aliphatic rings. The average Bonchev–Trinajstić information content (AvgIpc) is 2.17. The standard InChI is InChI=1S/C6H11N2O.ClH/c1-3-9-8-5-4-7(2)6-8;/h4-6H,3H2,1-2H3;1H/q+1;/p-1. The van der Waals surface area contributed by atoms with Gasteiger partial charge in [-0.2, -0.15) is 0 Å². The first kappa shape index (κ1) is 9.30. The van der Waals surface area contributed by atoms with Crippen LogP contribution in [0.2, 0.25) is 0 Å². The first-order chi connectivity index (χ1) is 4.33. The van der Waals surface area contributed by atoms with Gasteiger partial charge >= 0.3 is 0 Å². The SMILES string of the molecule is CCO[n+]1ccn(C)c1.[Cl-]. The zero-order valence-corrected chi connectivity index (χ0v) is 6.88. The van der Waals surface area contributed by atoms with Gasteiger partial charge < -0.3 is 17.2 Å². The Labute approximate surface area is 66.6 Å². The molecule has 0 fully saturated rings. The van der Waals surface area contributed by atoms with Crippen molar-refractivity contribution in [3.63, 3.8) is 0 Å². The Balaban J connectivity index is 0.000000810. The lowest BCUT2D eigenvalue weighted by atomic mass is 10.9. The lowest BCUT2D eigenvalue weighted by Crippen LogP contribution is -3.00. The molecule has 1 aromatic rings. The molecule has 0 N–H and O–H groups in total. The van der Waals surface area contributed by atoms with Crippen LogP contribution in [0.3, 0.4) is 0 Å². The number of aromatic nitrogens is 2. The number of halogens is 1. The van der Waals surface area contributed by atoms with Crippen molar-refractivity contribution in [3.05, 3.63) is 18.7 Å². The van der Waals surface area contributed by atoms with E-state index >= 15 is 0 Å². The van der Waals surface area contributed by atoms with E-state index in [0.29, 0.717) is 6.61 Å². The molecule has 1 heterocycles. The van der Waals surface area contributed by atoms with E-state index in [1.54, 1.807) is 4.73 Å². The van der Waals surface area contributed by atoms with Crippen LogP contribution in [0.4, 0.5) is 0 Å². The van der Waals surface area contributed by atoms with Gasteiger partial charge in [0.25, 0.3) is 6.33 Å². The number of aryl methyl sites for hydroxylation is 1. The summed E-state index contributed by atoms with van der Waals surface area (Å²) in [7, 11) is 1.95. The normalized spacial score (nSPS) is 8.60. The fourth-order valence-corrected chi connectivity index (χ4v) is 0.653. The number of imidazole rings is 1. The molecule has 0 saturated carbocycles. The molecular weight excluding hydrogens is 152 g/mol. The average molecular weight is 163 g/mol. The predicted octanol–water partition coefficient (Wildman–Crippen LogP) is -3.23. The van der Waals surface area contributed by atoms with Crippen LogP contribution in [0.15, 0.2) is 18.7 Å². The van der Waals surface area contributed by atoms with Crippen LogP contribution in [0.1, 0.15) is 6.92 Å². The third kappa shape index (κ3) is 2.27. The minimum absolute atomic E-state index is 0. The van der Waals surface area contributed by atoms with E-state index in [1.807, 2.05) is 37.3 Å². The summed E-state index contributed by atoms with van der Waals surface area (Å²) in [6, 6.07) is 0. The zero-order valence-electron chi connectivity index (χ0n) is 6.12. The summed E-state index contributed by atoms with van der Waals surface area (Å²) >= 11 is 0. The van der Waals surface area contributed by atoms with E-state index in [-0.39, 0.29) is 12.4 Å². The largest absolute Gasteiger partial charge is 1.00 e. The lowest BCUT2D eigenvalue weighted by Gasteiger charge is -1.90. The summed E-state index contributed by atoms with van der Waals surface area (Å²) in [5, 5.41) is 0. The van der Waals surface area contributed by atoms with Gasteiger partial charge in [0.1, 0.15) is 12.8 Å². The van der Waals surface area contributed by atoms with Gasteiger partial charge in [-0.25, -0.2) is 4.57 Å². The summed E-state index contributed by atoms with van der Waals surface area (Å²) < 4.78 is 3.61. The van der Waals surface area contributed by atoms with Crippen LogP contribution in [0.5, 0.6) is 0 Å². The minimum atomic E-state index is 0. The van der Waals surface area contributed by atoms with E-state index in [2.05, 4.69) is 0 Å². The monoisotopic (exact) mass is 162 g/mol. The highest BCUT2D eigenvalue weighted by Gasteiger charge is 1.96. The second-order valence-electron chi connectivity index (χ2n) is 1.86. The molecule has 0 radical (unpaired) electrons. The minimum Gasteiger partial charge on any atom is -1.00 e. The fraction of sp³-hybridized carbons (Fsp3) is 0.500. The van der Waals surface area contributed by atoms with Crippen molar-refractivity contribution in [2.75, 3.05) is 6.61 Å². The number of hydrogen-bond acceptors (Lipinski definition) is 1. The van der Waals surface area contributed by atoms with Crippen molar-refractivity contribution in [1.82, 2.24) is 4.57 Å². The van der Waals surface area contributed by atoms with Gasteiger partial charge in [-0.05, 0) is 6.92 Å². The maximum atomic E-state index is 5.12. The Kier molecular flexibility index (Phi) is 3.88. The molecule has 0 amide bonds. The molecule has 1 aromatic heterocycles. The molecule has 0 aliphatic carbocycles. The molecule has 10 heavy (non-hydrogen) atoms. The lowest BCUT2D eigenvalue weighted by molar-refractivity contribution is -0.890. The topological polar surface area (TPSA) is 18.0 Å². The molecule has 0 saturated heterocycles. The van der Waals surface area contributed by atoms with E-state index in [0.717, 1.165) is 0 Å². The zero-order chi connectivity index (χ0) is 6.69. The molecule has 0 aliphatic heterocycles. The van der Waals surface area contributed by atoms with Crippen LogP contribution < -0.4 is 22.0 Å². The van der Waals surface area contributed by atoms with E-state index < -0.39 is 0 Å². The van der Waals surface area contributed by atoms with Gasteiger partial charge in [0, 0.05) is 0 Å². The van der Waals surface area contributed by atoms with Gasteiger partial charge in [-0.15, -0.1) is 0 Å². The van der Waals surface area contributed by atoms with Crippen LogP contribution in [0, 0.1) is 0 Å². The Morgan fingerprint density at radius 1 is 1.60 bits per heavy atom. The summed E-state index contributed by atoms with van der Waals surface area (Å²) in [6.07, 6.45) is 5.66. The Morgan fingerprint density at radius 3 is 2.70 bits per heavy atom. The molecule has 3 nitrogen and oxygen atoms in total. The summed E-state index contributed by atoms with van der Waals surface area (Å²) in [5.41, 5.74) is 0. The first-order valence-corrected chi connectivity index (χ1v) is 2.99. The van der Waals surface area contributed by atoms with Gasteiger partial charge in [0.05, 0.1) is 7.05 Å². The van der Waals surface area contributed by atoms with E-state index in [9.17, 15) is 0 Å². The maximum absolute atomic E-state index is 5.12. The predicted molar refractivity (Wildman–Crippen MR) is 32.7 cm³/mol. The van der Waals surface area contributed by atoms with Gasteiger partial charge in [0.15, 0.2) is 6.20 Å². The molecule has 1 rings (SSSR count). The smallest absolute Gasteiger partial charge is 0.284 e. The van der Waals surface area contributed by atoms with Crippen molar-refractivity contribution in [2.45, 2.75) is 6.92 Å². The Morgan fingerprint density at radius 2 is 2.30 bits per heavy atom. The van der Waals surface area contributed by atoms with Crippen molar-refractivity contribution >= 4 is 0 Å². The fourth-order valence-electron chi connectivity index (χ4n) is 0.653. The highest BCUT2D eigenvalue weighted by molar-refractivity contribution is 4.60. The molecule has 0 bridgehead atoms. The number of rotatable bonds is 2. The van der Waals surface area contributed by atoms with Crippen molar-refractivity contribution in [2.24, 2.45) is 7.05 Å². The molecule has 0 aromatic carbocycles. The molecular formula is C6H11ClN2O. The highest BCUT2D eigenvalue weighted by Crippen LogP contribution is 1.72. The van der Waals surface area contributed by atoms with E-state index in [1.165, 1.54) is 0 Å². The second kappa shape index (κ2) is 4.17. The molecule has 58 valence electrons. The third-order valence-corrected chi connectivity index (χ3v) is 1.02. The second-order valence-corrected chi connectivity index (χ2v) is 1.86. The maximum Gasteiger partial charge on any atom is 0.284 e. The van der Waals surface area contributed by atoms with Crippen LogP contribution in [0.25, 0.3) is 0 Å². The number of hydrogen-bond donors (Lipinski definition) is 0. The van der Waals surface area contributed by atoms with Gasteiger partial charge in [-0.1, -0.05) is 4.73 Å². The molecule has 0 spiro atoms. The van der Waals surface area contributed by atoms with E-state index in [4.69, 9.17) is 4.84 Å². The number of nitrogens with zero attached hydrogens (tertiary/aromatic N) is 2. The Hall–Kier alpha value is -0.700. The van der Waals surface area contributed by atoms with Crippen molar-refractivity contribution in [3.8, 4) is 0 Å². The first-order valence-electron chi connectivity index (χ1n) is 2.99. The van der Waals surface area contributed by atoms with Crippen LogP contribution >= 0.6 is 0 Å². The summed E-state index contributed by atoms with van der Waals surface area (Å²) in [6.45, 7) is 2.66. The van der Waals surface area contributed by atoms with Gasteiger partial charge in [0.2, 0.25) is 0 Å². The third-order valence-electron chi connectivity index (χ3n) is 1.02. The molecule has 0 unspecified atom stereocenters.